The second kappa shape index (κ2) is 8.10. The van der Waals surface area contributed by atoms with Gasteiger partial charge in [0.2, 0.25) is 0 Å². The largest absolute Gasteiger partial charge is 0.481 e. The second-order valence-electron chi connectivity index (χ2n) is 4.08. The Labute approximate surface area is 96.2 Å². The minimum absolute atomic E-state index is 0.0669. The molecule has 0 radical (unpaired) electrons. The van der Waals surface area contributed by atoms with Crippen LogP contribution in [0.1, 0.15) is 33.6 Å². The maximum Gasteiger partial charge on any atom is 0.307 e. The standard InChI is InChI=1S/C11H21NO4/c1-8(2)9(3)16-11(15)5-7-12-6-4-10(13)14/h8-9,12H,4-7H2,1-3H3,(H,13,14). The van der Waals surface area contributed by atoms with Crippen LogP contribution >= 0.6 is 0 Å². The number of hydrogen-bond donors (Lipinski definition) is 2. The highest BCUT2D eigenvalue weighted by Gasteiger charge is 2.12. The Morgan fingerprint density at radius 2 is 1.75 bits per heavy atom. The van der Waals surface area contributed by atoms with Crippen LogP contribution in [0.15, 0.2) is 0 Å². The molecule has 0 spiro atoms. The molecule has 1 atom stereocenters. The minimum Gasteiger partial charge on any atom is -0.481 e. The molecule has 16 heavy (non-hydrogen) atoms. The van der Waals surface area contributed by atoms with E-state index in [1.54, 1.807) is 0 Å². The first-order chi connectivity index (χ1) is 7.43. The highest BCUT2D eigenvalue weighted by Crippen LogP contribution is 2.05. The van der Waals surface area contributed by atoms with Crippen LogP contribution in [0.2, 0.25) is 0 Å². The van der Waals surface area contributed by atoms with Crippen LogP contribution in [0.25, 0.3) is 0 Å². The van der Waals surface area contributed by atoms with E-state index in [1.807, 2.05) is 20.8 Å². The van der Waals surface area contributed by atoms with Gasteiger partial charge in [-0.15, -0.1) is 0 Å². The van der Waals surface area contributed by atoms with Crippen LogP contribution in [-0.4, -0.2) is 36.2 Å². The van der Waals surface area contributed by atoms with Gasteiger partial charge >= 0.3 is 11.9 Å². The van der Waals surface area contributed by atoms with Crippen molar-refractivity contribution in [1.82, 2.24) is 5.32 Å². The summed E-state index contributed by atoms with van der Waals surface area (Å²) in [7, 11) is 0. The Hall–Kier alpha value is -1.10. The Bertz CT molecular complexity index is 228. The molecule has 0 fully saturated rings. The summed E-state index contributed by atoms with van der Waals surface area (Å²) < 4.78 is 5.14. The van der Waals surface area contributed by atoms with Gasteiger partial charge in [-0.25, -0.2) is 0 Å². The van der Waals surface area contributed by atoms with Crippen molar-refractivity contribution in [2.75, 3.05) is 13.1 Å². The molecule has 0 aromatic carbocycles. The molecule has 5 heteroatoms. The molecule has 1 unspecified atom stereocenters. The molecule has 0 aromatic rings. The Balaban J connectivity index is 3.47. The lowest BCUT2D eigenvalue weighted by Gasteiger charge is -2.16. The molecule has 0 aliphatic heterocycles. The number of esters is 1. The average Bonchev–Trinajstić information content (AvgIpc) is 2.16. The van der Waals surface area contributed by atoms with Crippen LogP contribution < -0.4 is 5.32 Å². The van der Waals surface area contributed by atoms with Crippen molar-refractivity contribution in [3.63, 3.8) is 0 Å². The van der Waals surface area contributed by atoms with Crippen LogP contribution in [0.3, 0.4) is 0 Å². The fourth-order valence-corrected chi connectivity index (χ4v) is 0.913. The monoisotopic (exact) mass is 231 g/mol. The third-order valence-electron chi connectivity index (χ3n) is 2.28. The van der Waals surface area contributed by atoms with Gasteiger partial charge in [0.25, 0.3) is 0 Å². The lowest BCUT2D eigenvalue weighted by atomic mass is 10.1. The predicted octanol–water partition coefficient (Wildman–Crippen LogP) is 1.03. The summed E-state index contributed by atoms with van der Waals surface area (Å²) in [6.45, 7) is 6.67. The summed E-state index contributed by atoms with van der Waals surface area (Å²) in [5, 5.41) is 11.2. The first kappa shape index (κ1) is 14.9. The summed E-state index contributed by atoms with van der Waals surface area (Å²) in [5.41, 5.74) is 0. The van der Waals surface area contributed by atoms with Crippen molar-refractivity contribution >= 4 is 11.9 Å². The van der Waals surface area contributed by atoms with E-state index < -0.39 is 5.97 Å². The van der Waals surface area contributed by atoms with Gasteiger partial charge in [-0.3, -0.25) is 9.59 Å². The predicted molar refractivity (Wildman–Crippen MR) is 60.1 cm³/mol. The summed E-state index contributed by atoms with van der Waals surface area (Å²) in [6, 6.07) is 0. The fraction of sp³-hybridized carbons (Fsp3) is 0.818. The normalized spacial score (nSPS) is 12.5. The number of ether oxygens (including phenoxy) is 1. The molecule has 0 heterocycles. The molecule has 0 bridgehead atoms. The van der Waals surface area contributed by atoms with E-state index in [2.05, 4.69) is 5.32 Å². The topological polar surface area (TPSA) is 75.6 Å². The van der Waals surface area contributed by atoms with Crippen LogP contribution in [0.4, 0.5) is 0 Å². The van der Waals surface area contributed by atoms with E-state index in [0.717, 1.165) is 0 Å². The summed E-state index contributed by atoms with van der Waals surface area (Å²) in [5.74, 6) is -0.781. The zero-order valence-corrected chi connectivity index (χ0v) is 10.2. The average molecular weight is 231 g/mol. The molecular formula is C11H21NO4. The van der Waals surface area contributed by atoms with Gasteiger partial charge in [0.05, 0.1) is 12.8 Å². The van der Waals surface area contributed by atoms with Gasteiger partial charge in [0.1, 0.15) is 6.10 Å². The lowest BCUT2D eigenvalue weighted by molar-refractivity contribution is -0.150. The quantitative estimate of drug-likeness (QED) is 0.482. The number of rotatable bonds is 8. The Morgan fingerprint density at radius 1 is 1.19 bits per heavy atom. The third-order valence-corrected chi connectivity index (χ3v) is 2.28. The number of carboxylic acids is 1. The van der Waals surface area contributed by atoms with Crippen molar-refractivity contribution < 1.29 is 19.4 Å². The fourth-order valence-electron chi connectivity index (χ4n) is 0.913. The highest BCUT2D eigenvalue weighted by atomic mass is 16.5. The van der Waals surface area contributed by atoms with Crippen LogP contribution in [0, 0.1) is 5.92 Å². The highest BCUT2D eigenvalue weighted by molar-refractivity contribution is 5.69. The summed E-state index contributed by atoms with van der Waals surface area (Å²) >= 11 is 0. The number of nitrogens with one attached hydrogen (secondary N) is 1. The summed E-state index contributed by atoms with van der Waals surface area (Å²) in [6.07, 6.45) is 0.264. The van der Waals surface area contributed by atoms with Crippen molar-refractivity contribution in [1.29, 1.82) is 0 Å². The van der Waals surface area contributed by atoms with Gasteiger partial charge in [-0.2, -0.15) is 0 Å². The SMILES string of the molecule is CC(C)C(C)OC(=O)CCNCCC(=O)O. The molecule has 0 amide bonds. The molecule has 5 nitrogen and oxygen atoms in total. The summed E-state index contributed by atoms with van der Waals surface area (Å²) in [4.78, 5) is 21.5. The molecule has 0 saturated carbocycles. The zero-order chi connectivity index (χ0) is 12.6. The van der Waals surface area contributed by atoms with Gasteiger partial charge in [-0.1, -0.05) is 13.8 Å². The van der Waals surface area contributed by atoms with Gasteiger partial charge in [0, 0.05) is 13.1 Å². The number of aliphatic carboxylic acids is 1. The van der Waals surface area contributed by atoms with Crippen molar-refractivity contribution in [3.05, 3.63) is 0 Å². The van der Waals surface area contributed by atoms with Crippen LogP contribution in [-0.2, 0) is 14.3 Å². The maximum atomic E-state index is 11.3. The van der Waals surface area contributed by atoms with E-state index in [-0.39, 0.29) is 24.9 Å². The Kier molecular flexibility index (Phi) is 7.54. The molecule has 0 aliphatic carbocycles. The minimum atomic E-state index is -0.844. The number of carbonyl (C=O) groups excluding carboxylic acids is 1. The number of carboxylic acid groups (broad SMARTS) is 1. The molecule has 0 aliphatic rings. The lowest BCUT2D eigenvalue weighted by Crippen LogP contribution is -2.25. The van der Waals surface area contributed by atoms with E-state index in [1.165, 1.54) is 0 Å². The van der Waals surface area contributed by atoms with Crippen LogP contribution in [0.5, 0.6) is 0 Å². The smallest absolute Gasteiger partial charge is 0.307 e. The van der Waals surface area contributed by atoms with E-state index in [9.17, 15) is 9.59 Å². The first-order valence-electron chi connectivity index (χ1n) is 5.55. The molecule has 0 rings (SSSR count). The number of hydrogen-bond acceptors (Lipinski definition) is 4. The Morgan fingerprint density at radius 3 is 2.25 bits per heavy atom. The molecule has 94 valence electrons. The van der Waals surface area contributed by atoms with Gasteiger partial charge in [-0.05, 0) is 12.8 Å². The number of carbonyl (C=O) groups is 2. The van der Waals surface area contributed by atoms with Crippen molar-refractivity contribution in [3.8, 4) is 0 Å². The third kappa shape index (κ3) is 8.23. The second-order valence-corrected chi connectivity index (χ2v) is 4.08. The molecule has 2 N–H and O–H groups in total. The molecule has 0 saturated heterocycles. The maximum absolute atomic E-state index is 11.3. The van der Waals surface area contributed by atoms with Crippen molar-refractivity contribution in [2.24, 2.45) is 5.92 Å². The van der Waals surface area contributed by atoms with Gasteiger partial charge < -0.3 is 15.2 Å². The first-order valence-corrected chi connectivity index (χ1v) is 5.55. The van der Waals surface area contributed by atoms with Crippen molar-refractivity contribution in [2.45, 2.75) is 39.7 Å². The molecular weight excluding hydrogens is 210 g/mol. The zero-order valence-electron chi connectivity index (χ0n) is 10.2. The van der Waals surface area contributed by atoms with E-state index in [0.29, 0.717) is 19.0 Å². The van der Waals surface area contributed by atoms with Gasteiger partial charge in [0.15, 0.2) is 0 Å². The molecule has 0 aromatic heterocycles. The van der Waals surface area contributed by atoms with E-state index in [4.69, 9.17) is 9.84 Å². The van der Waals surface area contributed by atoms with E-state index >= 15 is 0 Å².